The Morgan fingerprint density at radius 2 is 1.74 bits per heavy atom. The third-order valence-electron chi connectivity index (χ3n) is 4.06. The molecule has 0 unspecified atom stereocenters. The number of amides is 1. The van der Waals surface area contributed by atoms with Crippen molar-refractivity contribution in [3.63, 3.8) is 0 Å². The van der Waals surface area contributed by atoms with Crippen LogP contribution in [-0.4, -0.2) is 27.3 Å². The van der Waals surface area contributed by atoms with Crippen LogP contribution in [-0.2, 0) is 0 Å². The van der Waals surface area contributed by atoms with Gasteiger partial charge in [0.05, 0.1) is 17.2 Å². The molecule has 0 saturated carbocycles. The highest BCUT2D eigenvalue weighted by atomic mass is 16.2. The van der Waals surface area contributed by atoms with Crippen molar-refractivity contribution in [3.8, 4) is 0 Å². The second kappa shape index (κ2) is 6.68. The molecule has 27 heavy (non-hydrogen) atoms. The van der Waals surface area contributed by atoms with Crippen LogP contribution < -0.4 is 16.5 Å². The Hall–Kier alpha value is -4.07. The molecule has 132 valence electrons. The number of fused-ring (bicyclic) bond motifs is 2. The van der Waals surface area contributed by atoms with Gasteiger partial charge in [-0.1, -0.05) is 36.4 Å². The summed E-state index contributed by atoms with van der Waals surface area (Å²) < 4.78 is 0. The number of hydrazone groups is 1. The number of para-hydroxylation sites is 1. The van der Waals surface area contributed by atoms with Gasteiger partial charge in [-0.2, -0.15) is 10.2 Å². The summed E-state index contributed by atoms with van der Waals surface area (Å²) in [5.41, 5.74) is 2.68. The Labute approximate surface area is 151 Å². The van der Waals surface area contributed by atoms with E-state index >= 15 is 0 Å². The Morgan fingerprint density at radius 1 is 1.00 bits per heavy atom. The summed E-state index contributed by atoms with van der Waals surface area (Å²) in [5.74, 6) is -0.601. The second-order valence-electron chi connectivity index (χ2n) is 5.79. The molecular formula is C19H13N5O3. The molecule has 1 amide bonds. The smallest absolute Gasteiger partial charge is 0.292 e. The van der Waals surface area contributed by atoms with Crippen LogP contribution in [0.5, 0.6) is 0 Å². The first-order chi connectivity index (χ1) is 13.1. The van der Waals surface area contributed by atoms with E-state index in [2.05, 4.69) is 25.7 Å². The maximum Gasteiger partial charge on any atom is 0.292 e. The highest BCUT2D eigenvalue weighted by Gasteiger charge is 2.13. The lowest BCUT2D eigenvalue weighted by molar-refractivity contribution is 0.0951. The number of hydrogen-bond donors (Lipinski definition) is 3. The predicted octanol–water partition coefficient (Wildman–Crippen LogP) is 1.53. The van der Waals surface area contributed by atoms with Gasteiger partial charge in [-0.25, -0.2) is 10.5 Å². The quantitative estimate of drug-likeness (QED) is 0.379. The molecule has 0 radical (unpaired) electrons. The highest BCUT2D eigenvalue weighted by molar-refractivity contribution is 6.04. The van der Waals surface area contributed by atoms with Crippen molar-refractivity contribution in [2.75, 3.05) is 0 Å². The number of nitrogens with one attached hydrogen (secondary N) is 3. The predicted molar refractivity (Wildman–Crippen MR) is 102 cm³/mol. The molecular weight excluding hydrogens is 346 g/mol. The standard InChI is InChI=1S/C19H13N5O3/c25-17-12(9-11-5-1-4-8-15(11)21-17)10-20-23-19(27)16-13-6-2-3-7-14(13)18(26)24-22-16/h1-10H,(H,21,25)(H,23,27)(H,24,26)/b20-10+. The minimum atomic E-state index is -0.601. The van der Waals surface area contributed by atoms with E-state index in [9.17, 15) is 14.4 Å². The third-order valence-corrected chi connectivity index (χ3v) is 4.06. The van der Waals surface area contributed by atoms with Crippen molar-refractivity contribution in [1.82, 2.24) is 20.6 Å². The summed E-state index contributed by atoms with van der Waals surface area (Å²) in [6.45, 7) is 0. The van der Waals surface area contributed by atoms with Crippen LogP contribution in [0.3, 0.4) is 0 Å². The number of pyridine rings is 1. The van der Waals surface area contributed by atoms with Crippen molar-refractivity contribution >= 4 is 33.8 Å². The molecule has 4 rings (SSSR count). The van der Waals surface area contributed by atoms with Crippen molar-refractivity contribution < 1.29 is 4.79 Å². The first-order valence-electron chi connectivity index (χ1n) is 8.06. The summed E-state index contributed by atoms with van der Waals surface area (Å²) in [7, 11) is 0. The highest BCUT2D eigenvalue weighted by Crippen LogP contribution is 2.12. The van der Waals surface area contributed by atoms with Crippen LogP contribution in [0.4, 0.5) is 0 Å². The van der Waals surface area contributed by atoms with Gasteiger partial charge in [0.2, 0.25) is 0 Å². The van der Waals surface area contributed by atoms with Gasteiger partial charge in [0.25, 0.3) is 17.0 Å². The third kappa shape index (κ3) is 3.11. The normalized spacial score (nSPS) is 11.3. The van der Waals surface area contributed by atoms with Gasteiger partial charge in [0.15, 0.2) is 5.69 Å². The van der Waals surface area contributed by atoms with Gasteiger partial charge in [-0.15, -0.1) is 0 Å². The number of nitrogens with zero attached hydrogens (tertiary/aromatic N) is 2. The SMILES string of the molecule is O=C(N/N=C/c1cc2ccccc2[nH]c1=O)c1n[nH]c(=O)c2ccccc12. The number of rotatable bonds is 3. The lowest BCUT2D eigenvalue weighted by Gasteiger charge is -2.03. The largest absolute Gasteiger partial charge is 0.321 e. The number of hydrogen-bond acceptors (Lipinski definition) is 5. The fraction of sp³-hybridized carbons (Fsp3) is 0. The summed E-state index contributed by atoms with van der Waals surface area (Å²) in [5, 5.41) is 11.5. The number of benzene rings is 2. The number of carbonyl (C=O) groups is 1. The van der Waals surface area contributed by atoms with Crippen molar-refractivity contribution in [3.05, 3.63) is 86.6 Å². The molecule has 0 aliphatic heterocycles. The van der Waals surface area contributed by atoms with E-state index in [4.69, 9.17) is 0 Å². The molecule has 8 heteroatoms. The Bertz CT molecular complexity index is 1320. The number of aromatic nitrogens is 3. The molecule has 0 aliphatic rings. The first kappa shape index (κ1) is 16.4. The van der Waals surface area contributed by atoms with E-state index < -0.39 is 5.91 Å². The summed E-state index contributed by atoms with van der Waals surface area (Å²) in [6.07, 6.45) is 1.26. The maximum atomic E-state index is 12.4. The van der Waals surface area contributed by atoms with Crippen molar-refractivity contribution in [2.45, 2.75) is 0 Å². The lowest BCUT2D eigenvalue weighted by atomic mass is 10.1. The average Bonchev–Trinajstić information content (AvgIpc) is 2.69. The fourth-order valence-corrected chi connectivity index (χ4v) is 2.76. The van der Waals surface area contributed by atoms with Crippen molar-refractivity contribution in [1.29, 1.82) is 0 Å². The minimum absolute atomic E-state index is 0.0368. The number of H-pyrrole nitrogens is 2. The molecule has 2 aromatic heterocycles. The van der Waals surface area contributed by atoms with E-state index in [-0.39, 0.29) is 16.8 Å². The van der Waals surface area contributed by atoms with E-state index in [0.717, 1.165) is 5.39 Å². The fourth-order valence-electron chi connectivity index (χ4n) is 2.76. The number of aromatic amines is 2. The van der Waals surface area contributed by atoms with E-state index in [1.807, 2.05) is 18.2 Å². The average molecular weight is 359 g/mol. The Kier molecular flexibility index (Phi) is 4.06. The molecule has 0 spiro atoms. The lowest BCUT2D eigenvalue weighted by Crippen LogP contribution is -2.23. The monoisotopic (exact) mass is 359 g/mol. The Morgan fingerprint density at radius 3 is 2.59 bits per heavy atom. The summed E-state index contributed by atoms with van der Waals surface area (Å²) >= 11 is 0. The zero-order valence-corrected chi connectivity index (χ0v) is 13.9. The molecule has 4 aromatic rings. The van der Waals surface area contributed by atoms with Crippen LogP contribution in [0.25, 0.3) is 21.7 Å². The zero-order chi connectivity index (χ0) is 18.8. The Balaban J connectivity index is 1.62. The van der Waals surface area contributed by atoms with Crippen molar-refractivity contribution in [2.24, 2.45) is 5.10 Å². The molecule has 0 bridgehead atoms. The molecule has 0 fully saturated rings. The van der Waals surface area contributed by atoms with Gasteiger partial charge in [-0.05, 0) is 23.6 Å². The second-order valence-corrected chi connectivity index (χ2v) is 5.79. The van der Waals surface area contributed by atoms with E-state index in [1.165, 1.54) is 6.21 Å². The van der Waals surface area contributed by atoms with Gasteiger partial charge >= 0.3 is 0 Å². The van der Waals surface area contributed by atoms with E-state index in [0.29, 0.717) is 21.9 Å². The summed E-state index contributed by atoms with van der Waals surface area (Å²) in [6, 6.07) is 15.7. The molecule has 0 aliphatic carbocycles. The van der Waals surface area contributed by atoms with Crippen LogP contribution in [0, 0.1) is 0 Å². The van der Waals surface area contributed by atoms with Crippen LogP contribution in [0.15, 0.2) is 69.3 Å². The van der Waals surface area contributed by atoms with Gasteiger partial charge < -0.3 is 4.98 Å². The van der Waals surface area contributed by atoms with E-state index in [1.54, 1.807) is 36.4 Å². The van der Waals surface area contributed by atoms with Crippen LogP contribution >= 0.6 is 0 Å². The summed E-state index contributed by atoms with van der Waals surface area (Å²) in [4.78, 5) is 39.0. The van der Waals surface area contributed by atoms with Gasteiger partial charge in [0.1, 0.15) is 0 Å². The molecule has 0 saturated heterocycles. The van der Waals surface area contributed by atoms with Gasteiger partial charge in [0, 0.05) is 10.9 Å². The maximum absolute atomic E-state index is 12.4. The number of carbonyl (C=O) groups excluding carboxylic acids is 1. The molecule has 2 aromatic carbocycles. The topological polar surface area (TPSA) is 120 Å². The van der Waals surface area contributed by atoms with Gasteiger partial charge in [-0.3, -0.25) is 14.4 Å². The molecule has 8 nitrogen and oxygen atoms in total. The molecule has 0 atom stereocenters. The minimum Gasteiger partial charge on any atom is -0.321 e. The molecule has 2 heterocycles. The zero-order valence-electron chi connectivity index (χ0n) is 13.9. The van der Waals surface area contributed by atoms with Crippen LogP contribution in [0.2, 0.25) is 0 Å². The molecule has 3 N–H and O–H groups in total. The van der Waals surface area contributed by atoms with Crippen LogP contribution in [0.1, 0.15) is 16.1 Å². The first-order valence-corrected chi connectivity index (χ1v) is 8.06.